The van der Waals surface area contributed by atoms with E-state index in [9.17, 15) is 4.79 Å². The van der Waals surface area contributed by atoms with E-state index in [1.807, 2.05) is 6.92 Å². The third-order valence-electron chi connectivity index (χ3n) is 4.84. The molecular formula is C16H27N5O. The fourth-order valence-electron chi connectivity index (χ4n) is 3.70. The molecule has 6 nitrogen and oxygen atoms in total. The van der Waals surface area contributed by atoms with Crippen LogP contribution in [0.15, 0.2) is 0 Å². The Bertz CT molecular complexity index is 492. The molecule has 1 aromatic rings. The Kier molecular flexibility index (Phi) is 5.08. The summed E-state index contributed by atoms with van der Waals surface area (Å²) >= 11 is 0. The van der Waals surface area contributed by atoms with Crippen molar-refractivity contribution < 1.29 is 4.79 Å². The van der Waals surface area contributed by atoms with Crippen molar-refractivity contribution in [3.8, 4) is 0 Å². The van der Waals surface area contributed by atoms with Crippen molar-refractivity contribution in [2.45, 2.75) is 70.4 Å². The van der Waals surface area contributed by atoms with Crippen molar-refractivity contribution in [2.24, 2.45) is 0 Å². The minimum absolute atomic E-state index is 0.158. The first-order valence-electron chi connectivity index (χ1n) is 8.64. The second-order valence-corrected chi connectivity index (χ2v) is 6.66. The first-order chi connectivity index (χ1) is 10.7. The summed E-state index contributed by atoms with van der Waals surface area (Å²) in [7, 11) is 0. The molecule has 2 N–H and O–H groups in total. The van der Waals surface area contributed by atoms with Gasteiger partial charge in [-0.1, -0.05) is 25.7 Å². The summed E-state index contributed by atoms with van der Waals surface area (Å²) in [6.07, 6.45) is 9.52. The third-order valence-corrected chi connectivity index (χ3v) is 4.84. The molecule has 0 aromatic carbocycles. The third kappa shape index (κ3) is 3.85. The summed E-state index contributed by atoms with van der Waals surface area (Å²) in [5.41, 5.74) is 0. The predicted octanol–water partition coefficient (Wildman–Crippen LogP) is 2.09. The van der Waals surface area contributed by atoms with Crippen molar-refractivity contribution >= 4 is 5.91 Å². The summed E-state index contributed by atoms with van der Waals surface area (Å²) in [5, 5.41) is 10.4. The van der Waals surface area contributed by atoms with Gasteiger partial charge in [0, 0.05) is 6.04 Å². The smallest absolute Gasteiger partial charge is 0.234 e. The van der Waals surface area contributed by atoms with Gasteiger partial charge in [0.25, 0.3) is 0 Å². The van der Waals surface area contributed by atoms with Crippen LogP contribution in [0.1, 0.15) is 69.1 Å². The molecule has 2 heterocycles. The largest absolute Gasteiger partial charge is 0.352 e. The lowest BCUT2D eigenvalue weighted by Gasteiger charge is -2.23. The van der Waals surface area contributed by atoms with Crippen LogP contribution in [0.4, 0.5) is 0 Å². The quantitative estimate of drug-likeness (QED) is 0.835. The molecule has 1 atom stereocenters. The van der Waals surface area contributed by atoms with Crippen LogP contribution in [0.5, 0.6) is 0 Å². The molecule has 2 fully saturated rings. The van der Waals surface area contributed by atoms with Crippen LogP contribution in [0.25, 0.3) is 0 Å². The fourth-order valence-corrected chi connectivity index (χ4v) is 3.70. The van der Waals surface area contributed by atoms with Gasteiger partial charge in [0.1, 0.15) is 5.82 Å². The van der Waals surface area contributed by atoms with Gasteiger partial charge >= 0.3 is 0 Å². The van der Waals surface area contributed by atoms with Crippen molar-refractivity contribution in [2.75, 3.05) is 13.1 Å². The number of aromatic amines is 1. The predicted molar refractivity (Wildman–Crippen MR) is 84.3 cm³/mol. The number of aromatic nitrogens is 3. The average molecular weight is 305 g/mol. The number of hydrogen-bond donors (Lipinski definition) is 2. The van der Waals surface area contributed by atoms with E-state index in [1.54, 1.807) is 0 Å². The lowest BCUT2D eigenvalue weighted by Crippen LogP contribution is -2.42. The molecule has 1 saturated carbocycles. The zero-order valence-corrected chi connectivity index (χ0v) is 13.5. The number of nitrogens with zero attached hydrogens (tertiary/aromatic N) is 3. The number of aryl methyl sites for hydroxylation is 1. The molecule has 1 amide bonds. The number of carbonyl (C=O) groups is 1. The van der Waals surface area contributed by atoms with E-state index in [0.29, 0.717) is 12.6 Å². The maximum atomic E-state index is 12.4. The molecule has 3 rings (SSSR count). The summed E-state index contributed by atoms with van der Waals surface area (Å²) in [6, 6.07) is 0.562. The summed E-state index contributed by atoms with van der Waals surface area (Å²) in [4.78, 5) is 19.0. The van der Waals surface area contributed by atoms with E-state index in [4.69, 9.17) is 0 Å². The molecule has 0 bridgehead atoms. The van der Waals surface area contributed by atoms with Crippen LogP contribution < -0.4 is 5.32 Å². The van der Waals surface area contributed by atoms with Crippen molar-refractivity contribution in [1.29, 1.82) is 0 Å². The molecule has 2 aliphatic rings. The number of likely N-dealkylation sites (tertiary alicyclic amines) is 1. The minimum Gasteiger partial charge on any atom is -0.352 e. The zero-order valence-electron chi connectivity index (χ0n) is 13.5. The second kappa shape index (κ2) is 7.22. The Labute approximate surface area is 132 Å². The normalized spacial score (nSPS) is 24.3. The van der Waals surface area contributed by atoms with E-state index >= 15 is 0 Å². The lowest BCUT2D eigenvalue weighted by molar-refractivity contribution is -0.123. The summed E-state index contributed by atoms with van der Waals surface area (Å²) < 4.78 is 0. The average Bonchev–Trinajstić information content (AvgIpc) is 3.03. The standard InChI is InChI=1S/C16H27N5O/c1-12-17-16(20-19-12)14-9-6-10-21(14)11-15(22)18-13-7-4-2-3-5-8-13/h13-14H,2-11H2,1H3,(H,18,22)(H,17,19,20)/t14-/m0/s1. The molecule has 0 spiro atoms. The van der Waals surface area contributed by atoms with Crippen molar-refractivity contribution in [3.63, 3.8) is 0 Å². The van der Waals surface area contributed by atoms with Crippen molar-refractivity contribution in [1.82, 2.24) is 25.4 Å². The number of amides is 1. The molecule has 1 aromatic heterocycles. The molecule has 0 unspecified atom stereocenters. The van der Waals surface area contributed by atoms with Crippen LogP contribution in [0.3, 0.4) is 0 Å². The highest BCUT2D eigenvalue weighted by atomic mass is 16.2. The van der Waals surface area contributed by atoms with E-state index in [0.717, 1.165) is 43.9 Å². The Morgan fingerprint density at radius 3 is 2.68 bits per heavy atom. The maximum absolute atomic E-state index is 12.4. The number of hydrogen-bond acceptors (Lipinski definition) is 4. The number of H-pyrrole nitrogens is 1. The zero-order chi connectivity index (χ0) is 15.4. The monoisotopic (exact) mass is 305 g/mol. The van der Waals surface area contributed by atoms with E-state index < -0.39 is 0 Å². The lowest BCUT2D eigenvalue weighted by atomic mass is 10.1. The van der Waals surface area contributed by atoms with Gasteiger partial charge in [0.05, 0.1) is 12.6 Å². The highest BCUT2D eigenvalue weighted by Crippen LogP contribution is 2.29. The van der Waals surface area contributed by atoms with Gasteiger partial charge in [-0.15, -0.1) is 0 Å². The summed E-state index contributed by atoms with van der Waals surface area (Å²) in [6.45, 7) is 3.33. The molecular weight excluding hydrogens is 278 g/mol. The topological polar surface area (TPSA) is 73.9 Å². The Hall–Kier alpha value is -1.43. The maximum Gasteiger partial charge on any atom is 0.234 e. The van der Waals surface area contributed by atoms with Gasteiger partial charge in [-0.3, -0.25) is 14.8 Å². The Balaban J connectivity index is 1.53. The van der Waals surface area contributed by atoms with Gasteiger partial charge in [0.2, 0.25) is 5.91 Å². The molecule has 1 aliphatic carbocycles. The first-order valence-corrected chi connectivity index (χ1v) is 8.64. The van der Waals surface area contributed by atoms with Crippen LogP contribution in [-0.4, -0.2) is 45.1 Å². The number of nitrogens with one attached hydrogen (secondary N) is 2. The highest BCUT2D eigenvalue weighted by Gasteiger charge is 2.30. The van der Waals surface area contributed by atoms with Gasteiger partial charge in [0.15, 0.2) is 5.82 Å². The molecule has 6 heteroatoms. The molecule has 1 aliphatic heterocycles. The van der Waals surface area contributed by atoms with Gasteiger partial charge in [-0.05, 0) is 39.2 Å². The molecule has 22 heavy (non-hydrogen) atoms. The van der Waals surface area contributed by atoms with E-state index in [-0.39, 0.29) is 11.9 Å². The highest BCUT2D eigenvalue weighted by molar-refractivity contribution is 5.78. The number of carbonyl (C=O) groups excluding carboxylic acids is 1. The van der Waals surface area contributed by atoms with Gasteiger partial charge in [-0.25, -0.2) is 4.98 Å². The van der Waals surface area contributed by atoms with E-state index in [1.165, 1.54) is 25.7 Å². The molecule has 122 valence electrons. The van der Waals surface area contributed by atoms with Crippen molar-refractivity contribution in [3.05, 3.63) is 11.6 Å². The first kappa shape index (κ1) is 15.5. The fraction of sp³-hybridized carbons (Fsp3) is 0.812. The van der Waals surface area contributed by atoms with E-state index in [2.05, 4.69) is 25.4 Å². The van der Waals surface area contributed by atoms with Gasteiger partial charge in [-0.2, -0.15) is 5.10 Å². The van der Waals surface area contributed by atoms with Crippen LogP contribution >= 0.6 is 0 Å². The minimum atomic E-state index is 0.158. The SMILES string of the molecule is Cc1nc([C@@H]2CCCN2CC(=O)NC2CCCCCC2)n[nH]1. The molecule has 1 saturated heterocycles. The van der Waals surface area contributed by atoms with Gasteiger partial charge < -0.3 is 5.32 Å². The Morgan fingerprint density at radius 1 is 1.23 bits per heavy atom. The molecule has 0 radical (unpaired) electrons. The number of rotatable bonds is 4. The Morgan fingerprint density at radius 2 is 2.00 bits per heavy atom. The van der Waals surface area contributed by atoms with Crippen LogP contribution in [-0.2, 0) is 4.79 Å². The summed E-state index contributed by atoms with van der Waals surface area (Å²) in [5.74, 6) is 1.83. The van der Waals surface area contributed by atoms with Crippen LogP contribution in [0, 0.1) is 6.92 Å². The second-order valence-electron chi connectivity index (χ2n) is 6.66. The van der Waals surface area contributed by atoms with Crippen LogP contribution in [0.2, 0.25) is 0 Å².